The van der Waals surface area contributed by atoms with Crippen molar-refractivity contribution in [2.75, 3.05) is 26.2 Å². The Bertz CT molecular complexity index is 410. The minimum atomic E-state index is -1.20. The van der Waals surface area contributed by atoms with Gasteiger partial charge in [0.25, 0.3) is 0 Å². The molecule has 1 saturated heterocycles. The number of likely N-dealkylation sites (tertiary alicyclic amines) is 1. The van der Waals surface area contributed by atoms with Crippen LogP contribution >= 0.6 is 0 Å². The van der Waals surface area contributed by atoms with Crippen LogP contribution in [-0.4, -0.2) is 64.2 Å². The number of piperidine rings is 1. The fraction of sp³-hybridized carbons (Fsp3) is 0.786. The van der Waals surface area contributed by atoms with Crippen LogP contribution in [0.15, 0.2) is 0 Å². The molecule has 0 aromatic carbocycles. The zero-order chi connectivity index (χ0) is 15.4. The van der Waals surface area contributed by atoms with E-state index in [1.165, 1.54) is 19.3 Å². The molecular formula is C14H22N2O5. The summed E-state index contributed by atoms with van der Waals surface area (Å²) in [7, 11) is 0. The van der Waals surface area contributed by atoms with Gasteiger partial charge in [-0.1, -0.05) is 19.3 Å². The van der Waals surface area contributed by atoms with Crippen LogP contribution in [0.1, 0.15) is 32.1 Å². The number of amides is 2. The molecule has 0 radical (unpaired) electrons. The monoisotopic (exact) mass is 298 g/mol. The van der Waals surface area contributed by atoms with Crippen molar-refractivity contribution in [1.82, 2.24) is 9.80 Å². The maximum absolute atomic E-state index is 12.4. The third-order valence-corrected chi connectivity index (χ3v) is 4.48. The Morgan fingerprint density at radius 3 is 2.10 bits per heavy atom. The van der Waals surface area contributed by atoms with E-state index in [1.54, 1.807) is 4.90 Å². The molecule has 21 heavy (non-hydrogen) atoms. The van der Waals surface area contributed by atoms with Crippen LogP contribution in [0.3, 0.4) is 0 Å². The summed E-state index contributed by atoms with van der Waals surface area (Å²) in [4.78, 5) is 36.5. The van der Waals surface area contributed by atoms with Gasteiger partial charge in [-0.3, -0.25) is 9.59 Å². The van der Waals surface area contributed by atoms with Gasteiger partial charge in [0.05, 0.1) is 0 Å². The lowest BCUT2D eigenvalue weighted by molar-refractivity contribution is -0.140. The number of carboxylic acids is 2. The molecule has 2 fully saturated rings. The number of carbonyl (C=O) groups is 3. The number of nitrogens with zero attached hydrogens (tertiary/aromatic N) is 2. The van der Waals surface area contributed by atoms with E-state index in [4.69, 9.17) is 10.2 Å². The van der Waals surface area contributed by atoms with Crippen LogP contribution in [0, 0.1) is 11.8 Å². The average molecular weight is 298 g/mol. The summed E-state index contributed by atoms with van der Waals surface area (Å²) in [6, 6.07) is -0.469. The van der Waals surface area contributed by atoms with Crippen molar-refractivity contribution >= 4 is 18.0 Å². The molecule has 2 N–H and O–H groups in total. The van der Waals surface area contributed by atoms with Crippen LogP contribution in [0.4, 0.5) is 4.79 Å². The lowest BCUT2D eigenvalue weighted by atomic mass is 9.75. The van der Waals surface area contributed by atoms with E-state index < -0.39 is 31.1 Å². The fourth-order valence-electron chi connectivity index (χ4n) is 3.49. The molecule has 0 bridgehead atoms. The van der Waals surface area contributed by atoms with Gasteiger partial charge < -0.3 is 20.0 Å². The highest BCUT2D eigenvalue weighted by molar-refractivity contribution is 5.84. The number of rotatable bonds is 4. The Labute approximate surface area is 123 Å². The summed E-state index contributed by atoms with van der Waals surface area (Å²) in [5.74, 6) is -1.25. The summed E-state index contributed by atoms with van der Waals surface area (Å²) >= 11 is 0. The predicted octanol–water partition coefficient (Wildman–Crippen LogP) is 1.09. The van der Waals surface area contributed by atoms with E-state index in [2.05, 4.69) is 0 Å². The Balaban J connectivity index is 1.99. The SMILES string of the molecule is O=C(O)CN(CC(=O)O)C(=O)N1CCC2CCCCC2C1. The molecule has 1 heterocycles. The van der Waals surface area contributed by atoms with E-state index in [-0.39, 0.29) is 0 Å². The van der Waals surface area contributed by atoms with Crippen LogP contribution in [0.2, 0.25) is 0 Å². The van der Waals surface area contributed by atoms with Gasteiger partial charge >= 0.3 is 18.0 Å². The number of carboxylic acid groups (broad SMARTS) is 2. The number of hydrogen-bond acceptors (Lipinski definition) is 3. The molecular weight excluding hydrogens is 276 g/mol. The molecule has 118 valence electrons. The maximum Gasteiger partial charge on any atom is 0.323 e. The lowest BCUT2D eigenvalue weighted by Gasteiger charge is -2.42. The Kier molecular flexibility index (Phi) is 5.03. The van der Waals surface area contributed by atoms with Crippen molar-refractivity contribution in [2.24, 2.45) is 11.8 Å². The molecule has 2 unspecified atom stereocenters. The molecule has 7 heteroatoms. The highest BCUT2D eigenvalue weighted by atomic mass is 16.4. The topological polar surface area (TPSA) is 98.1 Å². The first-order chi connectivity index (χ1) is 9.97. The van der Waals surface area contributed by atoms with Gasteiger partial charge in [0.2, 0.25) is 0 Å². The quantitative estimate of drug-likeness (QED) is 0.809. The largest absolute Gasteiger partial charge is 0.480 e. The van der Waals surface area contributed by atoms with Crippen molar-refractivity contribution in [3.05, 3.63) is 0 Å². The molecule has 2 aliphatic rings. The summed E-state index contributed by atoms with van der Waals surface area (Å²) in [6.45, 7) is 0.0699. The molecule has 2 atom stereocenters. The third-order valence-electron chi connectivity index (χ3n) is 4.48. The van der Waals surface area contributed by atoms with Gasteiger partial charge in [-0.25, -0.2) is 4.79 Å². The first-order valence-corrected chi connectivity index (χ1v) is 7.45. The van der Waals surface area contributed by atoms with Crippen LogP contribution in [-0.2, 0) is 9.59 Å². The molecule has 0 aromatic heterocycles. The molecule has 0 spiro atoms. The molecule has 2 amide bonds. The summed E-state index contributed by atoms with van der Waals surface area (Å²) < 4.78 is 0. The average Bonchev–Trinajstić information content (AvgIpc) is 2.44. The summed E-state index contributed by atoms with van der Waals surface area (Å²) in [6.07, 6.45) is 5.67. The molecule has 0 aromatic rings. The number of urea groups is 1. The van der Waals surface area contributed by atoms with Gasteiger partial charge in [0, 0.05) is 13.1 Å². The fourth-order valence-corrected chi connectivity index (χ4v) is 3.49. The third kappa shape index (κ3) is 4.09. The highest BCUT2D eigenvalue weighted by Gasteiger charge is 2.35. The number of hydrogen-bond donors (Lipinski definition) is 2. The van der Waals surface area contributed by atoms with E-state index >= 15 is 0 Å². The van der Waals surface area contributed by atoms with Crippen molar-refractivity contribution < 1.29 is 24.6 Å². The Hall–Kier alpha value is -1.79. The summed E-state index contributed by atoms with van der Waals surface area (Å²) in [5, 5.41) is 17.7. The first-order valence-electron chi connectivity index (χ1n) is 7.45. The van der Waals surface area contributed by atoms with Crippen molar-refractivity contribution in [1.29, 1.82) is 0 Å². The lowest BCUT2D eigenvalue weighted by Crippen LogP contribution is -2.52. The van der Waals surface area contributed by atoms with Gasteiger partial charge in [-0.2, -0.15) is 0 Å². The van der Waals surface area contributed by atoms with E-state index in [0.29, 0.717) is 24.9 Å². The molecule has 1 aliphatic carbocycles. The predicted molar refractivity (Wildman–Crippen MR) is 73.9 cm³/mol. The maximum atomic E-state index is 12.4. The molecule has 7 nitrogen and oxygen atoms in total. The number of fused-ring (bicyclic) bond motifs is 1. The number of carbonyl (C=O) groups excluding carboxylic acids is 1. The first kappa shape index (κ1) is 15.6. The standard InChI is InChI=1S/C14H22N2O5/c17-12(18)8-16(9-13(19)20)14(21)15-6-5-10-3-1-2-4-11(10)7-15/h10-11H,1-9H2,(H,17,18)(H,19,20). The highest BCUT2D eigenvalue weighted by Crippen LogP contribution is 2.36. The van der Waals surface area contributed by atoms with Gasteiger partial charge in [-0.05, 0) is 24.7 Å². The molecule has 1 saturated carbocycles. The zero-order valence-electron chi connectivity index (χ0n) is 12.0. The second-order valence-electron chi connectivity index (χ2n) is 5.97. The van der Waals surface area contributed by atoms with Crippen LogP contribution in [0.5, 0.6) is 0 Å². The van der Waals surface area contributed by atoms with Crippen molar-refractivity contribution in [2.45, 2.75) is 32.1 Å². The Morgan fingerprint density at radius 2 is 1.52 bits per heavy atom. The number of aliphatic carboxylic acids is 2. The van der Waals surface area contributed by atoms with Gasteiger partial charge in [-0.15, -0.1) is 0 Å². The van der Waals surface area contributed by atoms with E-state index in [9.17, 15) is 14.4 Å². The van der Waals surface area contributed by atoms with Gasteiger partial charge in [0.15, 0.2) is 0 Å². The van der Waals surface area contributed by atoms with Crippen molar-refractivity contribution in [3.8, 4) is 0 Å². The van der Waals surface area contributed by atoms with Crippen LogP contribution < -0.4 is 0 Å². The van der Waals surface area contributed by atoms with Crippen LogP contribution in [0.25, 0.3) is 0 Å². The van der Waals surface area contributed by atoms with Crippen molar-refractivity contribution in [3.63, 3.8) is 0 Å². The minimum Gasteiger partial charge on any atom is -0.480 e. The second kappa shape index (κ2) is 6.78. The Morgan fingerprint density at radius 1 is 0.952 bits per heavy atom. The molecule has 2 rings (SSSR count). The molecule has 1 aliphatic heterocycles. The smallest absolute Gasteiger partial charge is 0.323 e. The van der Waals surface area contributed by atoms with E-state index in [0.717, 1.165) is 17.7 Å². The zero-order valence-corrected chi connectivity index (χ0v) is 12.0. The minimum absolute atomic E-state index is 0.469. The van der Waals surface area contributed by atoms with Gasteiger partial charge in [0.1, 0.15) is 13.1 Å². The second-order valence-corrected chi connectivity index (χ2v) is 5.97. The summed E-state index contributed by atoms with van der Waals surface area (Å²) in [5.41, 5.74) is 0. The van der Waals surface area contributed by atoms with E-state index in [1.807, 2.05) is 0 Å². The normalized spacial score (nSPS) is 25.0.